The normalized spacial score (nSPS) is 10.3. The van der Waals surface area contributed by atoms with Gasteiger partial charge < -0.3 is 24.3 Å². The summed E-state index contributed by atoms with van der Waals surface area (Å²) >= 11 is 1.41. The molecule has 32 heavy (non-hydrogen) atoms. The van der Waals surface area contributed by atoms with Crippen molar-refractivity contribution >= 4 is 22.9 Å². The summed E-state index contributed by atoms with van der Waals surface area (Å²) in [4.78, 5) is 27.9. The molecule has 0 unspecified atom stereocenters. The number of benzene rings is 2. The second kappa shape index (κ2) is 10.4. The fraction of sp³-hybridized carbons (Fsp3) is 0.238. The summed E-state index contributed by atoms with van der Waals surface area (Å²) in [6.45, 7) is 0.239. The van der Waals surface area contributed by atoms with E-state index < -0.39 is 16.5 Å². The number of nitrogens with one attached hydrogen (secondary N) is 1. The van der Waals surface area contributed by atoms with Gasteiger partial charge in [0.15, 0.2) is 23.0 Å². The minimum Gasteiger partial charge on any atom is -0.493 e. The van der Waals surface area contributed by atoms with Gasteiger partial charge in [-0.1, -0.05) is 6.07 Å². The van der Waals surface area contributed by atoms with Crippen molar-refractivity contribution in [3.8, 4) is 23.0 Å². The molecule has 168 valence electrons. The van der Waals surface area contributed by atoms with Crippen molar-refractivity contribution in [1.82, 2.24) is 10.3 Å². The second-order valence-electron chi connectivity index (χ2n) is 6.42. The fourth-order valence-corrected chi connectivity index (χ4v) is 3.43. The van der Waals surface area contributed by atoms with Crippen molar-refractivity contribution in [1.29, 1.82) is 0 Å². The molecule has 0 aliphatic carbocycles. The highest BCUT2D eigenvalue weighted by Crippen LogP contribution is 2.35. The third-order valence-electron chi connectivity index (χ3n) is 4.48. The third kappa shape index (κ3) is 5.24. The molecule has 0 aliphatic heterocycles. The smallest absolute Gasteiger partial charge is 0.286 e. The summed E-state index contributed by atoms with van der Waals surface area (Å²) in [5.41, 5.74) is 2.52. The molecule has 1 amide bonds. The van der Waals surface area contributed by atoms with E-state index in [2.05, 4.69) is 10.3 Å². The van der Waals surface area contributed by atoms with Crippen LogP contribution in [-0.2, 0) is 13.2 Å². The summed E-state index contributed by atoms with van der Waals surface area (Å²) in [5.74, 6) is 0.770. The molecule has 0 fully saturated rings. The molecule has 11 heteroatoms. The van der Waals surface area contributed by atoms with Crippen molar-refractivity contribution in [3.05, 3.63) is 68.2 Å². The highest BCUT2D eigenvalue weighted by molar-refractivity contribution is 7.07. The molecule has 0 atom stereocenters. The fourth-order valence-electron chi connectivity index (χ4n) is 2.88. The maximum absolute atomic E-state index is 12.8. The van der Waals surface area contributed by atoms with Gasteiger partial charge in [0.25, 0.3) is 11.6 Å². The predicted molar refractivity (Wildman–Crippen MR) is 117 cm³/mol. The van der Waals surface area contributed by atoms with Crippen LogP contribution in [0.1, 0.15) is 21.6 Å². The number of nitro groups is 1. The topological polar surface area (TPSA) is 122 Å². The molecule has 1 aromatic heterocycles. The molecule has 0 aliphatic rings. The van der Waals surface area contributed by atoms with Gasteiger partial charge in [-0.2, -0.15) is 0 Å². The van der Waals surface area contributed by atoms with Crippen LogP contribution in [0.25, 0.3) is 0 Å². The Hall–Kier alpha value is -3.86. The van der Waals surface area contributed by atoms with Crippen LogP contribution in [0.4, 0.5) is 5.69 Å². The number of methoxy groups -OCH3 is 3. The Morgan fingerprint density at radius 3 is 2.41 bits per heavy atom. The summed E-state index contributed by atoms with van der Waals surface area (Å²) in [5, 5.41) is 16.1. The average molecular weight is 459 g/mol. The van der Waals surface area contributed by atoms with E-state index in [4.69, 9.17) is 18.9 Å². The molecule has 0 radical (unpaired) electrons. The van der Waals surface area contributed by atoms with E-state index in [0.29, 0.717) is 17.2 Å². The van der Waals surface area contributed by atoms with Gasteiger partial charge in [0, 0.05) is 18.0 Å². The molecule has 0 bridgehead atoms. The van der Waals surface area contributed by atoms with E-state index in [1.54, 1.807) is 29.1 Å². The number of carbonyl (C=O) groups excluding carboxylic acids is 1. The number of aromatic nitrogens is 1. The number of ether oxygens (including phenoxy) is 4. The Labute approximate surface area is 187 Å². The maximum Gasteiger partial charge on any atom is 0.286 e. The van der Waals surface area contributed by atoms with Crippen LogP contribution < -0.4 is 24.3 Å². The number of thiazole rings is 1. The molecule has 0 saturated heterocycles. The molecule has 0 saturated carbocycles. The minimum atomic E-state index is -0.638. The summed E-state index contributed by atoms with van der Waals surface area (Å²) < 4.78 is 21.4. The average Bonchev–Trinajstić information content (AvgIpc) is 3.33. The number of hydrogen-bond donors (Lipinski definition) is 1. The first kappa shape index (κ1) is 22.8. The number of amides is 1. The van der Waals surface area contributed by atoms with Crippen molar-refractivity contribution in [2.45, 2.75) is 13.2 Å². The maximum atomic E-state index is 12.8. The SMILES string of the molecule is COc1ccc(CNC(=O)c2cc(OC)c(OCc3cscn3)cc2[N+](=O)[O-])cc1OC. The van der Waals surface area contributed by atoms with E-state index in [9.17, 15) is 14.9 Å². The third-order valence-corrected chi connectivity index (χ3v) is 5.12. The number of nitro benzene ring substituents is 1. The lowest BCUT2D eigenvalue weighted by Crippen LogP contribution is -2.24. The molecule has 2 aromatic carbocycles. The number of hydrogen-bond acceptors (Lipinski definition) is 9. The Balaban J connectivity index is 1.80. The lowest BCUT2D eigenvalue weighted by molar-refractivity contribution is -0.385. The predicted octanol–water partition coefficient (Wildman–Crippen LogP) is 3.59. The van der Waals surface area contributed by atoms with Gasteiger partial charge >= 0.3 is 0 Å². The van der Waals surface area contributed by atoms with Crippen molar-refractivity contribution in [2.75, 3.05) is 21.3 Å². The van der Waals surface area contributed by atoms with E-state index in [1.807, 2.05) is 0 Å². The van der Waals surface area contributed by atoms with Crippen LogP contribution >= 0.6 is 11.3 Å². The minimum absolute atomic E-state index is 0.113. The van der Waals surface area contributed by atoms with Crippen LogP contribution in [-0.4, -0.2) is 37.1 Å². The summed E-state index contributed by atoms with van der Waals surface area (Å²) in [6.07, 6.45) is 0. The highest BCUT2D eigenvalue weighted by Gasteiger charge is 2.25. The van der Waals surface area contributed by atoms with Crippen molar-refractivity contribution in [2.24, 2.45) is 0 Å². The van der Waals surface area contributed by atoms with Gasteiger partial charge in [-0.25, -0.2) is 4.98 Å². The largest absolute Gasteiger partial charge is 0.493 e. The zero-order valence-electron chi connectivity index (χ0n) is 17.6. The van der Waals surface area contributed by atoms with Crippen LogP contribution in [0.5, 0.6) is 23.0 Å². The molecular formula is C21H21N3O7S. The summed E-state index contributed by atoms with van der Waals surface area (Å²) in [7, 11) is 4.42. The Bertz CT molecular complexity index is 1100. The van der Waals surface area contributed by atoms with E-state index in [1.165, 1.54) is 44.8 Å². The molecule has 10 nitrogen and oxygen atoms in total. The number of carbonyl (C=O) groups is 1. The van der Waals surface area contributed by atoms with Crippen molar-refractivity contribution in [3.63, 3.8) is 0 Å². The van der Waals surface area contributed by atoms with Crippen LogP contribution in [0.15, 0.2) is 41.2 Å². The Morgan fingerprint density at radius 2 is 1.78 bits per heavy atom. The number of nitrogens with zero attached hydrogens (tertiary/aromatic N) is 2. The van der Waals surface area contributed by atoms with Gasteiger partial charge in [0.05, 0.1) is 43.5 Å². The van der Waals surface area contributed by atoms with Crippen molar-refractivity contribution < 1.29 is 28.7 Å². The van der Waals surface area contributed by atoms with Crippen LogP contribution in [0, 0.1) is 10.1 Å². The zero-order chi connectivity index (χ0) is 23.1. The number of rotatable bonds is 10. The Kier molecular flexibility index (Phi) is 7.45. The van der Waals surface area contributed by atoms with Gasteiger partial charge in [0.1, 0.15) is 12.2 Å². The van der Waals surface area contributed by atoms with Gasteiger partial charge in [-0.3, -0.25) is 14.9 Å². The van der Waals surface area contributed by atoms with Gasteiger partial charge in [0.2, 0.25) is 0 Å². The van der Waals surface area contributed by atoms with Gasteiger partial charge in [-0.15, -0.1) is 11.3 Å². The van der Waals surface area contributed by atoms with Gasteiger partial charge in [-0.05, 0) is 17.7 Å². The lowest BCUT2D eigenvalue weighted by atomic mass is 10.1. The van der Waals surface area contributed by atoms with Crippen LogP contribution in [0.2, 0.25) is 0 Å². The van der Waals surface area contributed by atoms with E-state index >= 15 is 0 Å². The molecular weight excluding hydrogens is 438 g/mol. The van der Waals surface area contributed by atoms with E-state index in [0.717, 1.165) is 5.56 Å². The first-order chi connectivity index (χ1) is 15.5. The molecule has 1 heterocycles. The standard InChI is InChI=1S/C21H21N3O7S/c1-28-17-5-4-13(6-18(17)29-2)9-22-21(25)15-7-19(30-3)20(8-16(15)24(26)27)31-10-14-11-32-12-23-14/h4-8,11-12H,9-10H2,1-3H3,(H,22,25). The molecule has 3 rings (SSSR count). The van der Waals surface area contributed by atoms with E-state index in [-0.39, 0.29) is 30.2 Å². The summed E-state index contributed by atoms with van der Waals surface area (Å²) in [6, 6.07) is 7.64. The monoisotopic (exact) mass is 459 g/mol. The quantitative estimate of drug-likeness (QED) is 0.361. The second-order valence-corrected chi connectivity index (χ2v) is 7.14. The van der Waals surface area contributed by atoms with Crippen LogP contribution in [0.3, 0.4) is 0 Å². The zero-order valence-corrected chi connectivity index (χ0v) is 18.4. The molecule has 3 aromatic rings. The highest BCUT2D eigenvalue weighted by atomic mass is 32.1. The molecule has 0 spiro atoms. The lowest BCUT2D eigenvalue weighted by Gasteiger charge is -2.13. The first-order valence-electron chi connectivity index (χ1n) is 9.32. The Morgan fingerprint density at radius 1 is 1.06 bits per heavy atom. The molecule has 1 N–H and O–H groups in total. The first-order valence-corrected chi connectivity index (χ1v) is 10.3.